The Kier molecular flexibility index (Phi) is 3.57. The van der Waals surface area contributed by atoms with E-state index in [0.717, 1.165) is 25.2 Å². The first kappa shape index (κ1) is 13.4. The standard InChI is InChI=1S/C15H28O2/c1-11-10-12(2)17-15(16-11)8-6-13(7-9-15)14(3,4)5/h11-13H,6-10H2,1-5H3/t11-,12-/m1/s1. The van der Waals surface area contributed by atoms with Gasteiger partial charge in [0.25, 0.3) is 0 Å². The van der Waals surface area contributed by atoms with E-state index in [2.05, 4.69) is 34.6 Å². The van der Waals surface area contributed by atoms with Crippen LogP contribution in [0.25, 0.3) is 0 Å². The summed E-state index contributed by atoms with van der Waals surface area (Å²) in [7, 11) is 0. The van der Waals surface area contributed by atoms with Crippen molar-refractivity contribution in [2.45, 2.75) is 84.7 Å². The van der Waals surface area contributed by atoms with Gasteiger partial charge < -0.3 is 9.47 Å². The highest BCUT2D eigenvalue weighted by molar-refractivity contribution is 4.88. The maximum Gasteiger partial charge on any atom is 0.169 e. The van der Waals surface area contributed by atoms with Gasteiger partial charge in [0.15, 0.2) is 5.79 Å². The molecule has 1 saturated heterocycles. The van der Waals surface area contributed by atoms with E-state index in [1.165, 1.54) is 12.8 Å². The van der Waals surface area contributed by atoms with Crippen molar-refractivity contribution in [3.8, 4) is 0 Å². The summed E-state index contributed by atoms with van der Waals surface area (Å²) in [6.45, 7) is 11.4. The second-order valence-corrected chi connectivity index (χ2v) is 7.14. The maximum atomic E-state index is 6.12. The zero-order chi connectivity index (χ0) is 12.7. The van der Waals surface area contributed by atoms with E-state index >= 15 is 0 Å². The average molecular weight is 240 g/mol. The van der Waals surface area contributed by atoms with Crippen LogP contribution < -0.4 is 0 Å². The van der Waals surface area contributed by atoms with Crippen LogP contribution in [-0.2, 0) is 9.47 Å². The first-order valence-corrected chi connectivity index (χ1v) is 7.16. The Labute approximate surface area is 106 Å². The third kappa shape index (κ3) is 3.03. The van der Waals surface area contributed by atoms with Gasteiger partial charge in [-0.25, -0.2) is 0 Å². The Balaban J connectivity index is 1.97. The molecule has 1 saturated carbocycles. The molecular weight excluding hydrogens is 212 g/mol. The molecule has 0 aromatic rings. The molecule has 2 heteroatoms. The Bertz CT molecular complexity index is 247. The Morgan fingerprint density at radius 2 is 1.41 bits per heavy atom. The van der Waals surface area contributed by atoms with Crippen LogP contribution in [0.15, 0.2) is 0 Å². The van der Waals surface area contributed by atoms with E-state index in [0.29, 0.717) is 17.6 Å². The monoisotopic (exact) mass is 240 g/mol. The molecule has 1 heterocycles. The van der Waals surface area contributed by atoms with Gasteiger partial charge in [0.1, 0.15) is 0 Å². The molecule has 0 bridgehead atoms. The van der Waals surface area contributed by atoms with Gasteiger partial charge >= 0.3 is 0 Å². The molecule has 0 radical (unpaired) electrons. The fourth-order valence-electron chi connectivity index (χ4n) is 3.48. The lowest BCUT2D eigenvalue weighted by Gasteiger charge is -2.48. The minimum atomic E-state index is -0.251. The SMILES string of the molecule is C[C@@H]1C[C@@H](C)OC2(CCC(C(C)(C)C)CC2)O1. The van der Waals surface area contributed by atoms with Gasteiger partial charge in [0.2, 0.25) is 0 Å². The first-order chi connectivity index (χ1) is 7.81. The Morgan fingerprint density at radius 3 is 1.82 bits per heavy atom. The summed E-state index contributed by atoms with van der Waals surface area (Å²) in [5, 5.41) is 0. The van der Waals surface area contributed by atoms with Crippen molar-refractivity contribution in [2.24, 2.45) is 11.3 Å². The third-order valence-corrected chi connectivity index (χ3v) is 4.47. The molecule has 0 aromatic heterocycles. The first-order valence-electron chi connectivity index (χ1n) is 7.16. The lowest BCUT2D eigenvalue weighted by atomic mass is 9.70. The summed E-state index contributed by atoms with van der Waals surface area (Å²) in [6.07, 6.45) is 6.36. The molecule has 0 amide bonds. The molecule has 2 aliphatic rings. The molecule has 1 aliphatic heterocycles. The highest BCUT2D eigenvalue weighted by Crippen LogP contribution is 2.45. The Morgan fingerprint density at radius 1 is 0.941 bits per heavy atom. The minimum absolute atomic E-state index is 0.251. The van der Waals surface area contributed by atoms with Gasteiger partial charge in [-0.2, -0.15) is 0 Å². The zero-order valence-electron chi connectivity index (χ0n) is 12.1. The van der Waals surface area contributed by atoms with Crippen LogP contribution >= 0.6 is 0 Å². The number of hydrogen-bond acceptors (Lipinski definition) is 2. The van der Waals surface area contributed by atoms with Crippen LogP contribution in [0, 0.1) is 11.3 Å². The zero-order valence-corrected chi connectivity index (χ0v) is 12.1. The highest BCUT2D eigenvalue weighted by Gasteiger charge is 2.44. The molecule has 1 spiro atoms. The minimum Gasteiger partial charge on any atom is -0.347 e. The van der Waals surface area contributed by atoms with Crippen molar-refractivity contribution in [3.63, 3.8) is 0 Å². The topological polar surface area (TPSA) is 18.5 Å². The molecule has 17 heavy (non-hydrogen) atoms. The second-order valence-electron chi connectivity index (χ2n) is 7.14. The summed E-state index contributed by atoms with van der Waals surface area (Å²) in [6, 6.07) is 0. The van der Waals surface area contributed by atoms with Crippen molar-refractivity contribution in [2.75, 3.05) is 0 Å². The molecule has 0 N–H and O–H groups in total. The third-order valence-electron chi connectivity index (χ3n) is 4.47. The van der Waals surface area contributed by atoms with Crippen LogP contribution in [0.2, 0.25) is 0 Å². The van der Waals surface area contributed by atoms with Gasteiger partial charge in [-0.05, 0) is 44.4 Å². The number of rotatable bonds is 0. The van der Waals surface area contributed by atoms with Crippen LogP contribution in [-0.4, -0.2) is 18.0 Å². The van der Waals surface area contributed by atoms with Gasteiger partial charge in [0, 0.05) is 12.8 Å². The summed E-state index contributed by atoms with van der Waals surface area (Å²) < 4.78 is 12.2. The van der Waals surface area contributed by atoms with Crippen molar-refractivity contribution in [3.05, 3.63) is 0 Å². The van der Waals surface area contributed by atoms with Crippen LogP contribution in [0.4, 0.5) is 0 Å². The predicted octanol–water partition coefficient (Wildman–Crippen LogP) is 4.13. The summed E-state index contributed by atoms with van der Waals surface area (Å²) in [4.78, 5) is 0. The molecule has 0 unspecified atom stereocenters. The van der Waals surface area contributed by atoms with Crippen LogP contribution in [0.5, 0.6) is 0 Å². The molecule has 2 atom stereocenters. The lowest BCUT2D eigenvalue weighted by molar-refractivity contribution is -0.326. The normalized spacial score (nSPS) is 43.9. The molecule has 1 aliphatic carbocycles. The molecule has 2 rings (SSSR count). The molecular formula is C15H28O2. The van der Waals surface area contributed by atoms with E-state index in [1.807, 2.05) is 0 Å². The van der Waals surface area contributed by atoms with Crippen LogP contribution in [0.1, 0.15) is 66.7 Å². The fourth-order valence-corrected chi connectivity index (χ4v) is 3.48. The maximum absolute atomic E-state index is 6.12. The second kappa shape index (κ2) is 4.55. The summed E-state index contributed by atoms with van der Waals surface area (Å²) >= 11 is 0. The molecule has 0 aromatic carbocycles. The van der Waals surface area contributed by atoms with Gasteiger partial charge in [-0.1, -0.05) is 20.8 Å². The highest BCUT2D eigenvalue weighted by atomic mass is 16.7. The number of ether oxygens (including phenoxy) is 2. The number of hydrogen-bond donors (Lipinski definition) is 0. The van der Waals surface area contributed by atoms with E-state index in [1.54, 1.807) is 0 Å². The quantitative estimate of drug-likeness (QED) is 0.633. The van der Waals surface area contributed by atoms with E-state index in [4.69, 9.17) is 9.47 Å². The van der Waals surface area contributed by atoms with E-state index in [-0.39, 0.29) is 5.79 Å². The summed E-state index contributed by atoms with van der Waals surface area (Å²) in [5.74, 6) is 0.562. The molecule has 2 fully saturated rings. The smallest absolute Gasteiger partial charge is 0.169 e. The largest absolute Gasteiger partial charge is 0.347 e. The van der Waals surface area contributed by atoms with E-state index in [9.17, 15) is 0 Å². The van der Waals surface area contributed by atoms with E-state index < -0.39 is 0 Å². The van der Waals surface area contributed by atoms with Gasteiger partial charge in [-0.15, -0.1) is 0 Å². The van der Waals surface area contributed by atoms with Crippen molar-refractivity contribution in [1.82, 2.24) is 0 Å². The van der Waals surface area contributed by atoms with Crippen molar-refractivity contribution < 1.29 is 9.47 Å². The lowest BCUT2D eigenvalue weighted by Crippen LogP contribution is -2.50. The predicted molar refractivity (Wildman–Crippen MR) is 69.9 cm³/mol. The fraction of sp³-hybridized carbons (Fsp3) is 1.00. The Hall–Kier alpha value is -0.0800. The molecule has 2 nitrogen and oxygen atoms in total. The van der Waals surface area contributed by atoms with Gasteiger partial charge in [0.05, 0.1) is 12.2 Å². The summed E-state index contributed by atoms with van der Waals surface area (Å²) in [5.41, 5.74) is 0.424. The van der Waals surface area contributed by atoms with Crippen LogP contribution in [0.3, 0.4) is 0 Å². The average Bonchev–Trinajstić information content (AvgIpc) is 2.14. The van der Waals surface area contributed by atoms with Crippen molar-refractivity contribution >= 4 is 0 Å². The van der Waals surface area contributed by atoms with Crippen molar-refractivity contribution in [1.29, 1.82) is 0 Å². The van der Waals surface area contributed by atoms with Gasteiger partial charge in [-0.3, -0.25) is 0 Å². The molecule has 100 valence electrons.